The molecule has 1 aromatic rings. The van der Waals surface area contributed by atoms with Crippen molar-refractivity contribution in [1.82, 2.24) is 20.4 Å². The zero-order valence-corrected chi connectivity index (χ0v) is 17.7. The summed E-state index contributed by atoms with van der Waals surface area (Å²) in [6.07, 6.45) is 11.1. The molecule has 0 aromatic carbocycles. The van der Waals surface area contributed by atoms with Crippen LogP contribution in [0.5, 0.6) is 0 Å². The molecule has 158 valence electrons. The van der Waals surface area contributed by atoms with Crippen molar-refractivity contribution in [3.05, 3.63) is 29.6 Å². The van der Waals surface area contributed by atoms with Gasteiger partial charge in [-0.1, -0.05) is 12.2 Å². The third-order valence-electron chi connectivity index (χ3n) is 7.01. The Labute approximate surface area is 173 Å². The predicted molar refractivity (Wildman–Crippen MR) is 112 cm³/mol. The maximum atomic E-state index is 12.6. The molecule has 3 aliphatic carbocycles. The first-order valence-electron chi connectivity index (χ1n) is 11.3. The summed E-state index contributed by atoms with van der Waals surface area (Å²) in [5, 5.41) is 10.8. The highest BCUT2D eigenvalue weighted by Crippen LogP contribution is 2.43. The fourth-order valence-corrected chi connectivity index (χ4v) is 5.38. The maximum absolute atomic E-state index is 12.6. The van der Waals surface area contributed by atoms with Crippen molar-refractivity contribution in [2.45, 2.75) is 71.4 Å². The topological polar surface area (TPSA) is 76.0 Å². The van der Waals surface area contributed by atoms with Crippen molar-refractivity contribution in [3.8, 4) is 0 Å². The lowest BCUT2D eigenvalue weighted by atomic mass is 9.84. The first kappa shape index (κ1) is 20.2. The highest BCUT2D eigenvalue weighted by Gasteiger charge is 2.40. The number of aromatic nitrogens is 2. The second-order valence-electron chi connectivity index (χ2n) is 9.24. The number of hydrogen-bond acceptors (Lipinski definition) is 3. The van der Waals surface area contributed by atoms with Crippen LogP contribution in [0.2, 0.25) is 0 Å². The van der Waals surface area contributed by atoms with Crippen molar-refractivity contribution in [2.75, 3.05) is 6.54 Å². The molecule has 3 atom stereocenters. The van der Waals surface area contributed by atoms with Crippen LogP contribution in [0.4, 0.5) is 0 Å². The number of nitrogens with zero attached hydrogens (tertiary/aromatic N) is 2. The van der Waals surface area contributed by atoms with E-state index in [0.717, 1.165) is 62.9 Å². The van der Waals surface area contributed by atoms with E-state index in [-0.39, 0.29) is 29.7 Å². The van der Waals surface area contributed by atoms with Gasteiger partial charge in [-0.2, -0.15) is 5.10 Å². The summed E-state index contributed by atoms with van der Waals surface area (Å²) >= 11 is 0. The number of fused-ring (bicyclic) bond motifs is 2. The Bertz CT molecular complexity index is 776. The van der Waals surface area contributed by atoms with Gasteiger partial charge in [-0.25, -0.2) is 0 Å². The number of aryl methyl sites for hydroxylation is 3. The normalized spacial score (nSPS) is 30.5. The zero-order chi connectivity index (χ0) is 20.4. The van der Waals surface area contributed by atoms with Gasteiger partial charge in [-0.3, -0.25) is 14.3 Å². The van der Waals surface area contributed by atoms with Gasteiger partial charge in [0, 0.05) is 36.7 Å². The molecule has 0 saturated heterocycles. The van der Waals surface area contributed by atoms with Crippen LogP contribution in [0.25, 0.3) is 0 Å². The maximum Gasteiger partial charge on any atom is 0.223 e. The number of allylic oxidation sites excluding steroid dienone is 2. The molecule has 0 radical (unpaired) electrons. The number of nitrogens with one attached hydrogen (secondary N) is 2. The first-order valence-corrected chi connectivity index (χ1v) is 11.3. The lowest BCUT2D eigenvalue weighted by Crippen LogP contribution is -2.43. The molecule has 2 amide bonds. The molecule has 4 rings (SSSR count). The van der Waals surface area contributed by atoms with E-state index in [1.54, 1.807) is 0 Å². The van der Waals surface area contributed by atoms with E-state index in [9.17, 15) is 9.59 Å². The van der Waals surface area contributed by atoms with Crippen LogP contribution in [0.1, 0.15) is 56.3 Å². The van der Waals surface area contributed by atoms with E-state index in [4.69, 9.17) is 0 Å². The van der Waals surface area contributed by atoms with Crippen LogP contribution in [0, 0.1) is 37.5 Å². The van der Waals surface area contributed by atoms with Crippen LogP contribution in [0.15, 0.2) is 18.2 Å². The quantitative estimate of drug-likeness (QED) is 0.548. The fraction of sp³-hybridized carbons (Fsp3) is 0.696. The number of carbonyl (C=O) groups excluding carboxylic acids is 2. The van der Waals surface area contributed by atoms with Gasteiger partial charge in [0.25, 0.3) is 0 Å². The van der Waals surface area contributed by atoms with Crippen LogP contribution >= 0.6 is 0 Å². The Kier molecular flexibility index (Phi) is 6.07. The summed E-state index contributed by atoms with van der Waals surface area (Å²) in [7, 11) is 0. The summed E-state index contributed by atoms with van der Waals surface area (Å²) < 4.78 is 2.00. The summed E-state index contributed by atoms with van der Waals surface area (Å²) in [5.74, 6) is 1.74. The van der Waals surface area contributed by atoms with E-state index in [1.807, 2.05) is 11.6 Å². The lowest BCUT2D eigenvalue weighted by molar-refractivity contribution is -0.127. The van der Waals surface area contributed by atoms with Crippen molar-refractivity contribution in [2.24, 2.45) is 23.7 Å². The van der Waals surface area contributed by atoms with Crippen LogP contribution in [0.3, 0.4) is 0 Å². The molecule has 6 nitrogen and oxygen atoms in total. The highest BCUT2D eigenvalue weighted by molar-refractivity contribution is 5.80. The van der Waals surface area contributed by atoms with Gasteiger partial charge in [0.2, 0.25) is 11.8 Å². The standard InChI is InChI=1S/C23H34N4O2/c1-15-12-16(2)27(26-15)11-3-10-24-22(28)18-6-8-20(9-7-18)25-23(29)21-14-17-4-5-19(21)13-17/h4-5,12,17-21H,3,6-11,13-14H2,1-2H3,(H,24,28)(H,25,29)/t17-,18?,19+,20?,21-/m1/s1. The van der Waals surface area contributed by atoms with Gasteiger partial charge in [0.15, 0.2) is 0 Å². The Morgan fingerprint density at radius 3 is 2.52 bits per heavy atom. The smallest absolute Gasteiger partial charge is 0.223 e. The van der Waals surface area contributed by atoms with Gasteiger partial charge in [0.1, 0.15) is 0 Å². The van der Waals surface area contributed by atoms with Crippen molar-refractivity contribution >= 4 is 11.8 Å². The number of hydrogen-bond donors (Lipinski definition) is 2. The molecule has 3 aliphatic rings. The minimum atomic E-state index is 0.0854. The molecule has 6 heteroatoms. The van der Waals surface area contributed by atoms with Gasteiger partial charge in [-0.15, -0.1) is 0 Å². The molecule has 2 fully saturated rings. The number of rotatable bonds is 7. The molecule has 1 heterocycles. The molecular formula is C23H34N4O2. The molecule has 0 spiro atoms. The zero-order valence-electron chi connectivity index (χ0n) is 17.7. The van der Waals surface area contributed by atoms with E-state index in [0.29, 0.717) is 18.4 Å². The first-order chi connectivity index (χ1) is 14.0. The number of amides is 2. The third-order valence-corrected chi connectivity index (χ3v) is 7.01. The predicted octanol–water partition coefficient (Wildman–Crippen LogP) is 2.89. The second kappa shape index (κ2) is 8.72. The monoisotopic (exact) mass is 398 g/mol. The Balaban J connectivity index is 1.13. The van der Waals surface area contributed by atoms with E-state index in [1.165, 1.54) is 0 Å². The van der Waals surface area contributed by atoms with Crippen LogP contribution in [-0.4, -0.2) is 34.2 Å². The summed E-state index contributed by atoms with van der Waals surface area (Å²) in [4.78, 5) is 25.1. The largest absolute Gasteiger partial charge is 0.356 e. The third kappa shape index (κ3) is 4.73. The molecular weight excluding hydrogens is 364 g/mol. The minimum absolute atomic E-state index is 0.0854. The molecule has 1 aromatic heterocycles. The fourth-order valence-electron chi connectivity index (χ4n) is 5.38. The summed E-state index contributed by atoms with van der Waals surface area (Å²) in [6, 6.07) is 2.31. The molecule has 2 saturated carbocycles. The van der Waals surface area contributed by atoms with Gasteiger partial charge < -0.3 is 10.6 Å². The van der Waals surface area contributed by atoms with E-state index in [2.05, 4.69) is 40.9 Å². The summed E-state index contributed by atoms with van der Waals surface area (Å²) in [5.41, 5.74) is 2.20. The Morgan fingerprint density at radius 1 is 1.10 bits per heavy atom. The average molecular weight is 399 g/mol. The average Bonchev–Trinajstić information content (AvgIpc) is 3.41. The van der Waals surface area contributed by atoms with E-state index < -0.39 is 0 Å². The van der Waals surface area contributed by atoms with E-state index >= 15 is 0 Å². The number of carbonyl (C=O) groups is 2. The molecule has 2 N–H and O–H groups in total. The Hall–Kier alpha value is -2.11. The lowest BCUT2D eigenvalue weighted by Gasteiger charge is -2.30. The van der Waals surface area contributed by atoms with Gasteiger partial charge >= 0.3 is 0 Å². The van der Waals surface area contributed by atoms with Gasteiger partial charge in [-0.05, 0) is 76.7 Å². The van der Waals surface area contributed by atoms with Crippen molar-refractivity contribution in [3.63, 3.8) is 0 Å². The van der Waals surface area contributed by atoms with Crippen molar-refractivity contribution < 1.29 is 9.59 Å². The van der Waals surface area contributed by atoms with Crippen LogP contribution in [-0.2, 0) is 16.1 Å². The van der Waals surface area contributed by atoms with Gasteiger partial charge in [0.05, 0.1) is 5.69 Å². The SMILES string of the molecule is Cc1cc(C)n(CCCNC(=O)C2CCC(NC(=O)[C@@H]3C[C@@H]4C=C[C@H]3C4)CC2)n1. The molecule has 0 aliphatic heterocycles. The molecule has 0 unspecified atom stereocenters. The highest BCUT2D eigenvalue weighted by atomic mass is 16.2. The second-order valence-corrected chi connectivity index (χ2v) is 9.24. The Morgan fingerprint density at radius 2 is 1.90 bits per heavy atom. The molecule has 29 heavy (non-hydrogen) atoms. The minimum Gasteiger partial charge on any atom is -0.356 e. The van der Waals surface area contributed by atoms with Crippen LogP contribution < -0.4 is 10.6 Å². The summed E-state index contributed by atoms with van der Waals surface area (Å²) in [6.45, 7) is 5.57. The molecule has 2 bridgehead atoms. The van der Waals surface area contributed by atoms with Crippen molar-refractivity contribution in [1.29, 1.82) is 0 Å².